The molecule has 2 rings (SSSR count). The molecule has 21 heavy (non-hydrogen) atoms. The Hall–Kier alpha value is -2.28. The molecule has 0 aliphatic carbocycles. The van der Waals surface area contributed by atoms with E-state index in [-0.39, 0.29) is 25.7 Å². The smallest absolute Gasteiger partial charge is 0.303 e. The van der Waals surface area contributed by atoms with Gasteiger partial charge in [0.25, 0.3) is 0 Å². The van der Waals surface area contributed by atoms with E-state index < -0.39 is 5.97 Å². The van der Waals surface area contributed by atoms with Crippen molar-refractivity contribution in [2.45, 2.75) is 12.8 Å². The van der Waals surface area contributed by atoms with Gasteiger partial charge in [0, 0.05) is 18.2 Å². The average molecular weight is 294 g/mol. The van der Waals surface area contributed by atoms with Crippen LogP contribution in [-0.2, 0) is 9.59 Å². The molecule has 7 heteroatoms. The fourth-order valence-corrected chi connectivity index (χ4v) is 2.00. The highest BCUT2D eigenvalue weighted by molar-refractivity contribution is 5.92. The fourth-order valence-electron chi connectivity index (χ4n) is 2.00. The molecule has 1 amide bonds. The Morgan fingerprint density at radius 1 is 1.33 bits per heavy atom. The molecule has 1 heterocycles. The number of fused-ring (bicyclic) bond motifs is 1. The van der Waals surface area contributed by atoms with E-state index in [0.717, 1.165) is 0 Å². The van der Waals surface area contributed by atoms with E-state index in [1.165, 1.54) is 0 Å². The van der Waals surface area contributed by atoms with Crippen LogP contribution in [0.15, 0.2) is 18.2 Å². The van der Waals surface area contributed by atoms with E-state index >= 15 is 0 Å². The van der Waals surface area contributed by atoms with Gasteiger partial charge in [0.2, 0.25) is 12.7 Å². The number of nitrogens with one attached hydrogen (secondary N) is 1. The van der Waals surface area contributed by atoms with Crippen molar-refractivity contribution >= 4 is 17.6 Å². The number of hydrogen-bond donors (Lipinski definition) is 2. The number of ether oxygens (including phenoxy) is 2. The lowest BCUT2D eigenvalue weighted by molar-refractivity contribution is -0.137. The van der Waals surface area contributed by atoms with Crippen LogP contribution in [0.25, 0.3) is 0 Å². The second-order valence-corrected chi connectivity index (χ2v) is 4.85. The molecular weight excluding hydrogens is 276 g/mol. The first kappa shape index (κ1) is 15.1. The van der Waals surface area contributed by atoms with Gasteiger partial charge in [-0.2, -0.15) is 0 Å². The summed E-state index contributed by atoms with van der Waals surface area (Å²) in [5.41, 5.74) is 0.642. The predicted octanol–water partition coefficient (Wildman–Crippen LogP) is 1.15. The lowest BCUT2D eigenvalue weighted by atomic mass is 10.2. The van der Waals surface area contributed by atoms with Crippen molar-refractivity contribution in [3.8, 4) is 11.5 Å². The highest BCUT2D eigenvalue weighted by Gasteiger charge is 2.14. The van der Waals surface area contributed by atoms with Crippen molar-refractivity contribution in [2.24, 2.45) is 0 Å². The number of likely N-dealkylation sites (N-methyl/N-ethyl adjacent to an activating group) is 1. The van der Waals surface area contributed by atoms with Crippen molar-refractivity contribution < 1.29 is 24.2 Å². The van der Waals surface area contributed by atoms with Crippen molar-refractivity contribution in [1.29, 1.82) is 0 Å². The van der Waals surface area contributed by atoms with Crippen LogP contribution < -0.4 is 14.8 Å². The summed E-state index contributed by atoms with van der Waals surface area (Å²) in [5, 5.41) is 11.3. The standard InChI is InChI=1S/C14H18N2O5/c1-16(6-2-3-14(18)19)8-13(17)15-10-4-5-11-12(7-10)21-9-20-11/h4-5,7H,2-3,6,8-9H2,1H3,(H,15,17)(H,18,19). The second kappa shape index (κ2) is 6.94. The van der Waals surface area contributed by atoms with Gasteiger partial charge in [-0.05, 0) is 32.1 Å². The number of nitrogens with zero attached hydrogens (tertiary/aromatic N) is 1. The molecule has 2 N–H and O–H groups in total. The minimum Gasteiger partial charge on any atom is -0.481 e. The minimum atomic E-state index is -0.826. The van der Waals surface area contributed by atoms with Crippen LogP contribution in [0, 0.1) is 0 Å². The van der Waals surface area contributed by atoms with E-state index in [1.807, 2.05) is 0 Å². The van der Waals surface area contributed by atoms with E-state index in [9.17, 15) is 9.59 Å². The third kappa shape index (κ3) is 4.64. The predicted molar refractivity (Wildman–Crippen MR) is 75.6 cm³/mol. The number of carboxylic acids is 1. The lowest BCUT2D eigenvalue weighted by Gasteiger charge is -2.15. The molecule has 0 fully saturated rings. The van der Waals surface area contributed by atoms with Crippen LogP contribution in [0.5, 0.6) is 11.5 Å². The Kier molecular flexibility index (Phi) is 4.99. The van der Waals surface area contributed by atoms with Crippen molar-refractivity contribution in [3.63, 3.8) is 0 Å². The molecule has 1 aromatic rings. The van der Waals surface area contributed by atoms with E-state index in [1.54, 1.807) is 30.1 Å². The Morgan fingerprint density at radius 2 is 2.10 bits per heavy atom. The van der Waals surface area contributed by atoms with Crippen molar-refractivity contribution in [3.05, 3.63) is 18.2 Å². The Labute approximate surface area is 122 Å². The SMILES string of the molecule is CN(CCCC(=O)O)CC(=O)Nc1ccc2c(c1)OCO2. The molecule has 0 saturated heterocycles. The normalized spacial score (nSPS) is 12.5. The van der Waals surface area contributed by atoms with Crippen LogP contribution >= 0.6 is 0 Å². The Bertz CT molecular complexity index is 532. The molecule has 0 bridgehead atoms. The first-order valence-corrected chi connectivity index (χ1v) is 6.64. The summed E-state index contributed by atoms with van der Waals surface area (Å²) in [6, 6.07) is 5.20. The number of anilines is 1. The molecule has 0 atom stereocenters. The summed E-state index contributed by atoms with van der Waals surface area (Å²) < 4.78 is 10.4. The number of amides is 1. The van der Waals surface area contributed by atoms with Crippen molar-refractivity contribution in [2.75, 3.05) is 32.2 Å². The highest BCUT2D eigenvalue weighted by Crippen LogP contribution is 2.34. The fraction of sp³-hybridized carbons (Fsp3) is 0.429. The summed E-state index contributed by atoms with van der Waals surface area (Å²) in [6.07, 6.45) is 0.622. The first-order valence-electron chi connectivity index (χ1n) is 6.64. The highest BCUT2D eigenvalue weighted by atomic mass is 16.7. The van der Waals surface area contributed by atoms with Gasteiger partial charge in [-0.15, -0.1) is 0 Å². The number of hydrogen-bond acceptors (Lipinski definition) is 5. The molecule has 1 aliphatic rings. The topological polar surface area (TPSA) is 88.1 Å². The Morgan fingerprint density at radius 3 is 2.86 bits per heavy atom. The van der Waals surface area contributed by atoms with Gasteiger partial charge in [-0.1, -0.05) is 0 Å². The van der Waals surface area contributed by atoms with E-state index in [0.29, 0.717) is 30.2 Å². The van der Waals surface area contributed by atoms with Gasteiger partial charge < -0.3 is 19.9 Å². The molecule has 1 aliphatic heterocycles. The first-order chi connectivity index (χ1) is 10.0. The zero-order chi connectivity index (χ0) is 15.2. The van der Waals surface area contributed by atoms with Crippen LogP contribution in [0.2, 0.25) is 0 Å². The molecule has 0 aromatic heterocycles. The van der Waals surface area contributed by atoms with Gasteiger partial charge >= 0.3 is 5.97 Å². The number of carbonyl (C=O) groups is 2. The molecule has 114 valence electrons. The molecule has 0 unspecified atom stereocenters. The van der Waals surface area contributed by atoms with Gasteiger partial charge in [-0.3, -0.25) is 14.5 Å². The number of aliphatic carboxylic acids is 1. The van der Waals surface area contributed by atoms with Gasteiger partial charge in [0.1, 0.15) is 0 Å². The van der Waals surface area contributed by atoms with Crippen LogP contribution in [0.4, 0.5) is 5.69 Å². The monoisotopic (exact) mass is 294 g/mol. The zero-order valence-corrected chi connectivity index (χ0v) is 11.8. The van der Waals surface area contributed by atoms with Crippen LogP contribution in [0.1, 0.15) is 12.8 Å². The Balaban J connectivity index is 1.77. The van der Waals surface area contributed by atoms with Gasteiger partial charge in [-0.25, -0.2) is 0 Å². The van der Waals surface area contributed by atoms with Gasteiger partial charge in [0.05, 0.1) is 6.54 Å². The maximum Gasteiger partial charge on any atom is 0.303 e. The zero-order valence-electron chi connectivity index (χ0n) is 11.8. The molecular formula is C14H18N2O5. The number of rotatable bonds is 7. The summed E-state index contributed by atoms with van der Waals surface area (Å²) in [6.45, 7) is 0.952. The number of benzene rings is 1. The summed E-state index contributed by atoms with van der Waals surface area (Å²) in [4.78, 5) is 24.1. The lowest BCUT2D eigenvalue weighted by Crippen LogP contribution is -2.31. The third-order valence-electron chi connectivity index (χ3n) is 3.00. The van der Waals surface area contributed by atoms with Crippen LogP contribution in [-0.4, -0.2) is 48.8 Å². The van der Waals surface area contributed by atoms with Gasteiger partial charge in [0.15, 0.2) is 11.5 Å². The summed E-state index contributed by atoms with van der Waals surface area (Å²) in [5.74, 6) is 0.293. The minimum absolute atomic E-state index is 0.105. The second-order valence-electron chi connectivity index (χ2n) is 4.85. The number of carboxylic acid groups (broad SMARTS) is 1. The molecule has 0 spiro atoms. The van der Waals surface area contributed by atoms with Crippen molar-refractivity contribution in [1.82, 2.24) is 4.90 Å². The summed E-state index contributed by atoms with van der Waals surface area (Å²) in [7, 11) is 1.78. The third-order valence-corrected chi connectivity index (χ3v) is 3.00. The van der Waals surface area contributed by atoms with E-state index in [4.69, 9.17) is 14.6 Å². The molecule has 7 nitrogen and oxygen atoms in total. The number of carbonyl (C=O) groups excluding carboxylic acids is 1. The largest absolute Gasteiger partial charge is 0.481 e. The summed E-state index contributed by atoms with van der Waals surface area (Å²) >= 11 is 0. The molecule has 1 aromatic carbocycles. The molecule has 0 radical (unpaired) electrons. The maximum atomic E-state index is 11.9. The average Bonchev–Trinajstić information content (AvgIpc) is 2.85. The van der Waals surface area contributed by atoms with Crippen LogP contribution in [0.3, 0.4) is 0 Å². The molecule has 0 saturated carbocycles. The van der Waals surface area contributed by atoms with E-state index in [2.05, 4.69) is 5.32 Å². The maximum absolute atomic E-state index is 11.9. The quantitative estimate of drug-likeness (QED) is 0.784.